The highest BCUT2D eigenvalue weighted by Crippen LogP contribution is 2.30. The minimum atomic E-state index is 0.205. The van der Waals surface area contributed by atoms with E-state index in [1.165, 1.54) is 10.8 Å². The summed E-state index contributed by atoms with van der Waals surface area (Å²) in [5, 5.41) is 13.6. The largest absolute Gasteiger partial charge is 0.297 e. The van der Waals surface area contributed by atoms with Crippen LogP contribution < -0.4 is 0 Å². The van der Waals surface area contributed by atoms with E-state index in [0.717, 1.165) is 38.7 Å². The van der Waals surface area contributed by atoms with E-state index in [0.29, 0.717) is 0 Å². The highest BCUT2D eigenvalue weighted by atomic mass is 15.2. The van der Waals surface area contributed by atoms with Crippen LogP contribution in [0.1, 0.15) is 6.92 Å². The van der Waals surface area contributed by atoms with Gasteiger partial charge in [0.05, 0.1) is 22.1 Å². The first-order valence-electron chi connectivity index (χ1n) is 10.3. The first kappa shape index (κ1) is 17.7. The fraction of sp³-hybridized carbons (Fsp3) is 0.0370. The van der Waals surface area contributed by atoms with Crippen molar-refractivity contribution in [3.8, 4) is 0 Å². The number of aromatic nitrogens is 2. The van der Waals surface area contributed by atoms with Gasteiger partial charge < -0.3 is 0 Å². The number of para-hydroxylation sites is 4. The van der Waals surface area contributed by atoms with Gasteiger partial charge in [-0.25, -0.2) is 0 Å². The molecule has 2 heterocycles. The number of benzene rings is 4. The minimum absolute atomic E-state index is 0.205. The van der Waals surface area contributed by atoms with Gasteiger partial charge in [0.15, 0.2) is 0 Å². The van der Waals surface area contributed by atoms with E-state index >= 15 is 0 Å². The zero-order valence-electron chi connectivity index (χ0n) is 17.1. The van der Waals surface area contributed by atoms with Crippen molar-refractivity contribution in [3.63, 3.8) is 0 Å². The fourth-order valence-electron chi connectivity index (χ4n) is 4.68. The molecule has 0 saturated carbocycles. The summed E-state index contributed by atoms with van der Waals surface area (Å²) in [5.74, 6) is 0.973. The molecule has 0 spiro atoms. The summed E-state index contributed by atoms with van der Waals surface area (Å²) in [6.07, 6.45) is 0. The molecule has 0 amide bonds. The first-order chi connectivity index (χ1) is 15.2. The molecule has 6 rings (SSSR count). The molecular formula is C27H20N4. The molecule has 0 fully saturated rings. The van der Waals surface area contributed by atoms with Crippen LogP contribution in [0.5, 0.6) is 0 Å². The van der Waals surface area contributed by atoms with Gasteiger partial charge in [0, 0.05) is 21.5 Å². The summed E-state index contributed by atoms with van der Waals surface area (Å²) in [6, 6.07) is 33.1. The van der Waals surface area contributed by atoms with Crippen molar-refractivity contribution >= 4 is 55.4 Å². The third kappa shape index (κ3) is 2.55. The van der Waals surface area contributed by atoms with Crippen molar-refractivity contribution in [2.24, 2.45) is 4.99 Å². The lowest BCUT2D eigenvalue weighted by atomic mass is 10.2. The van der Waals surface area contributed by atoms with Crippen molar-refractivity contribution in [1.82, 2.24) is 9.13 Å². The molecule has 0 aliphatic carbocycles. The van der Waals surface area contributed by atoms with Gasteiger partial charge in [-0.1, -0.05) is 72.8 Å². The van der Waals surface area contributed by atoms with E-state index in [-0.39, 0.29) is 5.96 Å². The summed E-state index contributed by atoms with van der Waals surface area (Å²) in [7, 11) is 0. The van der Waals surface area contributed by atoms with Gasteiger partial charge in [0.25, 0.3) is 0 Å². The van der Waals surface area contributed by atoms with Crippen LogP contribution in [-0.4, -0.2) is 20.9 Å². The molecule has 1 N–H and O–H groups in total. The maximum atomic E-state index is 8.92. The van der Waals surface area contributed by atoms with Gasteiger partial charge in [-0.2, -0.15) is 4.99 Å². The predicted octanol–water partition coefficient (Wildman–Crippen LogP) is 6.65. The second-order valence-electron chi connectivity index (χ2n) is 7.72. The van der Waals surface area contributed by atoms with E-state index in [1.807, 2.05) is 47.9 Å². The van der Waals surface area contributed by atoms with Gasteiger partial charge in [0.2, 0.25) is 5.96 Å². The van der Waals surface area contributed by atoms with E-state index in [4.69, 9.17) is 10.4 Å². The summed E-state index contributed by atoms with van der Waals surface area (Å²) in [5.41, 5.74) is 4.18. The van der Waals surface area contributed by atoms with Gasteiger partial charge in [-0.05, 0) is 31.2 Å². The average Bonchev–Trinajstić information content (AvgIpc) is 3.32. The molecular weight excluding hydrogens is 380 g/mol. The Kier molecular flexibility index (Phi) is 3.80. The monoisotopic (exact) mass is 400 g/mol. The minimum Gasteiger partial charge on any atom is -0.297 e. The van der Waals surface area contributed by atoms with Crippen LogP contribution >= 0.6 is 0 Å². The molecule has 0 radical (unpaired) electrons. The molecule has 0 aliphatic heterocycles. The lowest BCUT2D eigenvalue weighted by Gasteiger charge is -2.09. The smallest absolute Gasteiger partial charge is 0.228 e. The normalized spacial score (nSPS) is 12.4. The molecule has 0 saturated heterocycles. The lowest BCUT2D eigenvalue weighted by molar-refractivity contribution is 1.16. The molecule has 0 bridgehead atoms. The Bertz CT molecular complexity index is 1560. The fourth-order valence-corrected chi connectivity index (χ4v) is 4.68. The maximum absolute atomic E-state index is 8.92. The number of rotatable bonds is 0. The summed E-state index contributed by atoms with van der Waals surface area (Å²) >= 11 is 0. The molecule has 0 aliphatic rings. The van der Waals surface area contributed by atoms with Crippen LogP contribution in [0.3, 0.4) is 0 Å². The zero-order chi connectivity index (χ0) is 20.9. The molecule has 148 valence electrons. The average molecular weight is 400 g/mol. The molecule has 6 aromatic rings. The summed E-state index contributed by atoms with van der Waals surface area (Å²) < 4.78 is 4.08. The van der Waals surface area contributed by atoms with Crippen LogP contribution in [0.4, 0.5) is 0 Å². The second kappa shape index (κ2) is 6.67. The van der Waals surface area contributed by atoms with Crippen molar-refractivity contribution in [2.45, 2.75) is 6.92 Å². The standard InChI is InChI=1S/C27H20N4/c1-18(30-23-14-6-2-10-19(23)20-11-3-7-15-24(20)30)29-27(28)31-25-16-8-4-12-21(25)22-13-5-9-17-26(22)31/h2-17,28H,1H3. The topological polar surface area (TPSA) is 46.1 Å². The van der Waals surface area contributed by atoms with Crippen LogP contribution in [0, 0.1) is 5.41 Å². The number of fused-ring (bicyclic) bond motifs is 6. The highest BCUT2D eigenvalue weighted by molar-refractivity contribution is 6.17. The number of hydrogen-bond donors (Lipinski definition) is 1. The predicted molar refractivity (Wildman–Crippen MR) is 131 cm³/mol. The van der Waals surface area contributed by atoms with Crippen molar-refractivity contribution in [1.29, 1.82) is 5.41 Å². The van der Waals surface area contributed by atoms with Gasteiger partial charge in [-0.3, -0.25) is 14.5 Å². The molecule has 4 aromatic carbocycles. The third-order valence-corrected chi connectivity index (χ3v) is 5.96. The number of nitrogens with zero attached hydrogens (tertiary/aromatic N) is 3. The molecule has 31 heavy (non-hydrogen) atoms. The Balaban J connectivity index is 1.59. The highest BCUT2D eigenvalue weighted by Gasteiger charge is 2.15. The zero-order valence-corrected chi connectivity index (χ0v) is 17.1. The maximum Gasteiger partial charge on any atom is 0.228 e. The van der Waals surface area contributed by atoms with Crippen molar-refractivity contribution in [2.75, 3.05) is 0 Å². The number of nitrogens with one attached hydrogen (secondary N) is 1. The van der Waals surface area contributed by atoms with Crippen LogP contribution in [0.15, 0.2) is 102 Å². The Morgan fingerprint density at radius 1 is 0.548 bits per heavy atom. The van der Waals surface area contributed by atoms with E-state index < -0.39 is 0 Å². The summed E-state index contributed by atoms with van der Waals surface area (Å²) in [6.45, 7) is 1.97. The molecule has 4 heteroatoms. The van der Waals surface area contributed by atoms with Crippen molar-refractivity contribution in [3.05, 3.63) is 97.1 Å². The molecule has 0 unspecified atom stereocenters. The second-order valence-corrected chi connectivity index (χ2v) is 7.72. The molecule has 0 atom stereocenters. The van der Waals surface area contributed by atoms with Gasteiger partial charge in [0.1, 0.15) is 5.84 Å². The molecule has 2 aromatic heterocycles. The van der Waals surface area contributed by atoms with Crippen molar-refractivity contribution < 1.29 is 0 Å². The lowest BCUT2D eigenvalue weighted by Crippen LogP contribution is -2.14. The van der Waals surface area contributed by atoms with E-state index in [1.54, 1.807) is 0 Å². The quantitative estimate of drug-likeness (QED) is 0.219. The molecule has 4 nitrogen and oxygen atoms in total. The first-order valence-corrected chi connectivity index (χ1v) is 10.3. The Morgan fingerprint density at radius 2 is 0.871 bits per heavy atom. The van der Waals surface area contributed by atoms with Gasteiger partial charge in [-0.15, -0.1) is 0 Å². The van der Waals surface area contributed by atoms with E-state index in [2.05, 4.69) is 65.2 Å². The third-order valence-electron chi connectivity index (χ3n) is 5.96. The Hall–Kier alpha value is -4.18. The Morgan fingerprint density at radius 3 is 1.26 bits per heavy atom. The number of aliphatic imine (C=N–C) groups is 1. The summed E-state index contributed by atoms with van der Waals surface area (Å²) in [4.78, 5) is 4.79. The van der Waals surface area contributed by atoms with Crippen LogP contribution in [0.2, 0.25) is 0 Å². The van der Waals surface area contributed by atoms with Crippen LogP contribution in [0.25, 0.3) is 43.6 Å². The van der Waals surface area contributed by atoms with Crippen LogP contribution in [-0.2, 0) is 0 Å². The van der Waals surface area contributed by atoms with Gasteiger partial charge >= 0.3 is 0 Å². The number of hydrogen-bond acceptors (Lipinski definition) is 1. The Labute approximate surface area is 179 Å². The SMILES string of the molecule is CC(=NC(=N)n1c2ccccc2c2ccccc21)n1c2ccccc2c2ccccc21. The van der Waals surface area contributed by atoms with E-state index in [9.17, 15) is 0 Å².